The van der Waals surface area contributed by atoms with E-state index in [9.17, 15) is 13.6 Å². The van der Waals surface area contributed by atoms with Crippen molar-refractivity contribution in [1.82, 2.24) is 0 Å². The molecule has 92 valence electrons. The summed E-state index contributed by atoms with van der Waals surface area (Å²) in [6, 6.07) is 2.71. The molecule has 0 radical (unpaired) electrons. The molecular formula is C13H15F2NO. The lowest BCUT2D eigenvalue weighted by Gasteiger charge is -2.27. The molecule has 1 fully saturated rings. The highest BCUT2D eigenvalue weighted by Gasteiger charge is 2.30. The number of Topliss-reactive ketones (excluding diaryl/α,β-unsaturated/α-hetero) is 1. The third-order valence-corrected chi connectivity index (χ3v) is 3.35. The SMILES string of the molecule is NC1CCCCC1C(=O)c1cc(F)ccc1F. The molecule has 1 aliphatic rings. The Labute approximate surface area is 98.8 Å². The molecule has 0 aliphatic heterocycles. The van der Waals surface area contributed by atoms with E-state index in [1.54, 1.807) is 0 Å². The number of benzene rings is 1. The summed E-state index contributed by atoms with van der Waals surface area (Å²) in [5.74, 6) is -2.01. The molecule has 0 heterocycles. The molecular weight excluding hydrogens is 224 g/mol. The first-order valence-electron chi connectivity index (χ1n) is 5.84. The summed E-state index contributed by atoms with van der Waals surface area (Å²) in [5, 5.41) is 0. The van der Waals surface area contributed by atoms with Gasteiger partial charge in [-0.1, -0.05) is 12.8 Å². The van der Waals surface area contributed by atoms with E-state index in [2.05, 4.69) is 0 Å². The normalized spacial score (nSPS) is 24.6. The lowest BCUT2D eigenvalue weighted by atomic mass is 9.80. The first-order valence-corrected chi connectivity index (χ1v) is 5.84. The second-order valence-electron chi connectivity index (χ2n) is 4.54. The second-order valence-corrected chi connectivity index (χ2v) is 4.54. The number of hydrogen-bond donors (Lipinski definition) is 1. The summed E-state index contributed by atoms with van der Waals surface area (Å²) in [4.78, 5) is 12.1. The van der Waals surface area contributed by atoms with Crippen molar-refractivity contribution in [2.24, 2.45) is 11.7 Å². The number of hydrogen-bond acceptors (Lipinski definition) is 2. The minimum Gasteiger partial charge on any atom is -0.327 e. The summed E-state index contributed by atoms with van der Waals surface area (Å²) < 4.78 is 26.5. The predicted molar refractivity (Wildman–Crippen MR) is 60.6 cm³/mol. The van der Waals surface area contributed by atoms with Crippen molar-refractivity contribution in [3.8, 4) is 0 Å². The van der Waals surface area contributed by atoms with Crippen molar-refractivity contribution < 1.29 is 13.6 Å². The van der Waals surface area contributed by atoms with Crippen molar-refractivity contribution in [2.75, 3.05) is 0 Å². The number of halogens is 2. The van der Waals surface area contributed by atoms with Crippen LogP contribution in [0, 0.1) is 17.6 Å². The number of nitrogens with two attached hydrogens (primary N) is 1. The fraction of sp³-hybridized carbons (Fsp3) is 0.462. The van der Waals surface area contributed by atoms with E-state index < -0.39 is 11.6 Å². The van der Waals surface area contributed by atoms with E-state index in [4.69, 9.17) is 5.73 Å². The molecule has 2 rings (SSSR count). The van der Waals surface area contributed by atoms with Crippen molar-refractivity contribution >= 4 is 5.78 Å². The van der Waals surface area contributed by atoms with Crippen LogP contribution in [-0.4, -0.2) is 11.8 Å². The van der Waals surface area contributed by atoms with Crippen LogP contribution < -0.4 is 5.73 Å². The number of carbonyl (C=O) groups is 1. The van der Waals surface area contributed by atoms with Crippen LogP contribution in [0.15, 0.2) is 18.2 Å². The van der Waals surface area contributed by atoms with Crippen molar-refractivity contribution in [3.05, 3.63) is 35.4 Å². The zero-order valence-electron chi connectivity index (χ0n) is 9.46. The van der Waals surface area contributed by atoms with Crippen LogP contribution in [-0.2, 0) is 0 Å². The summed E-state index contributed by atoms with van der Waals surface area (Å²) in [5.41, 5.74) is 5.69. The number of ketones is 1. The molecule has 0 saturated heterocycles. The molecule has 2 N–H and O–H groups in total. The standard InChI is InChI=1S/C13H15F2NO/c14-8-5-6-11(15)10(7-8)13(17)9-3-1-2-4-12(9)16/h5-7,9,12H,1-4,16H2. The third kappa shape index (κ3) is 2.52. The fourth-order valence-corrected chi connectivity index (χ4v) is 2.37. The van der Waals surface area contributed by atoms with Gasteiger partial charge < -0.3 is 5.73 Å². The maximum Gasteiger partial charge on any atom is 0.170 e. The maximum absolute atomic E-state index is 13.5. The van der Waals surface area contributed by atoms with Gasteiger partial charge in [0.1, 0.15) is 11.6 Å². The van der Waals surface area contributed by atoms with Gasteiger partial charge in [0, 0.05) is 12.0 Å². The molecule has 1 saturated carbocycles. The molecule has 1 aromatic rings. The Balaban J connectivity index is 2.26. The topological polar surface area (TPSA) is 43.1 Å². The number of rotatable bonds is 2. The van der Waals surface area contributed by atoms with Gasteiger partial charge in [0.05, 0.1) is 5.56 Å². The van der Waals surface area contributed by atoms with E-state index in [0.29, 0.717) is 6.42 Å². The van der Waals surface area contributed by atoms with Crippen LogP contribution in [0.5, 0.6) is 0 Å². The van der Waals surface area contributed by atoms with E-state index in [0.717, 1.165) is 37.5 Å². The summed E-state index contributed by atoms with van der Waals surface area (Å²) in [7, 11) is 0. The Morgan fingerprint density at radius 3 is 2.65 bits per heavy atom. The quantitative estimate of drug-likeness (QED) is 0.806. The van der Waals surface area contributed by atoms with E-state index >= 15 is 0 Å². The van der Waals surface area contributed by atoms with Crippen LogP contribution in [0.4, 0.5) is 8.78 Å². The van der Waals surface area contributed by atoms with Crippen molar-refractivity contribution in [3.63, 3.8) is 0 Å². The van der Waals surface area contributed by atoms with Gasteiger partial charge in [-0.2, -0.15) is 0 Å². The van der Waals surface area contributed by atoms with Gasteiger partial charge in [-0.3, -0.25) is 4.79 Å². The Morgan fingerprint density at radius 2 is 1.94 bits per heavy atom. The van der Waals surface area contributed by atoms with Gasteiger partial charge in [-0.25, -0.2) is 8.78 Å². The van der Waals surface area contributed by atoms with Crippen LogP contribution in [0.1, 0.15) is 36.0 Å². The monoisotopic (exact) mass is 239 g/mol. The van der Waals surface area contributed by atoms with Crippen LogP contribution >= 0.6 is 0 Å². The molecule has 4 heteroatoms. The highest BCUT2D eigenvalue weighted by molar-refractivity contribution is 5.98. The van der Waals surface area contributed by atoms with Crippen LogP contribution in [0.2, 0.25) is 0 Å². The first-order chi connectivity index (χ1) is 8.09. The third-order valence-electron chi connectivity index (χ3n) is 3.35. The smallest absolute Gasteiger partial charge is 0.170 e. The second kappa shape index (κ2) is 4.92. The van der Waals surface area contributed by atoms with E-state index in [1.807, 2.05) is 0 Å². The van der Waals surface area contributed by atoms with Gasteiger partial charge >= 0.3 is 0 Å². The first kappa shape index (κ1) is 12.2. The van der Waals surface area contributed by atoms with E-state index in [1.165, 1.54) is 0 Å². The zero-order chi connectivity index (χ0) is 12.4. The van der Waals surface area contributed by atoms with Crippen molar-refractivity contribution in [2.45, 2.75) is 31.7 Å². The predicted octanol–water partition coefficient (Wildman–Crippen LogP) is 2.67. The Kier molecular flexibility index (Phi) is 3.52. The van der Waals surface area contributed by atoms with Crippen LogP contribution in [0.3, 0.4) is 0 Å². The average Bonchev–Trinajstić information content (AvgIpc) is 2.32. The maximum atomic E-state index is 13.5. The van der Waals surface area contributed by atoms with Gasteiger partial charge in [-0.05, 0) is 31.0 Å². The largest absolute Gasteiger partial charge is 0.327 e. The summed E-state index contributed by atoms with van der Waals surface area (Å²) >= 11 is 0. The minimum atomic E-state index is -0.672. The molecule has 1 aliphatic carbocycles. The Bertz CT molecular complexity index is 433. The molecule has 0 aromatic heterocycles. The van der Waals surface area contributed by atoms with Gasteiger partial charge in [0.25, 0.3) is 0 Å². The van der Waals surface area contributed by atoms with E-state index in [-0.39, 0.29) is 23.3 Å². The molecule has 0 spiro atoms. The molecule has 1 aromatic carbocycles. The summed E-state index contributed by atoms with van der Waals surface area (Å²) in [6.07, 6.45) is 3.35. The molecule has 0 amide bonds. The molecule has 17 heavy (non-hydrogen) atoms. The van der Waals surface area contributed by atoms with Gasteiger partial charge in [-0.15, -0.1) is 0 Å². The molecule has 2 atom stereocenters. The fourth-order valence-electron chi connectivity index (χ4n) is 2.37. The van der Waals surface area contributed by atoms with Gasteiger partial charge in [0.2, 0.25) is 0 Å². The molecule has 2 unspecified atom stereocenters. The van der Waals surface area contributed by atoms with Crippen molar-refractivity contribution in [1.29, 1.82) is 0 Å². The average molecular weight is 239 g/mol. The zero-order valence-corrected chi connectivity index (χ0v) is 9.46. The minimum absolute atomic E-state index is 0.174. The van der Waals surface area contributed by atoms with Gasteiger partial charge in [0.15, 0.2) is 5.78 Å². The molecule has 0 bridgehead atoms. The van der Waals surface area contributed by atoms with Crippen LogP contribution in [0.25, 0.3) is 0 Å². The lowest BCUT2D eigenvalue weighted by molar-refractivity contribution is 0.0866. The number of carbonyl (C=O) groups excluding carboxylic acids is 1. The highest BCUT2D eigenvalue weighted by atomic mass is 19.1. The summed E-state index contributed by atoms with van der Waals surface area (Å²) in [6.45, 7) is 0. The molecule has 2 nitrogen and oxygen atoms in total. The highest BCUT2D eigenvalue weighted by Crippen LogP contribution is 2.27. The Morgan fingerprint density at radius 1 is 1.24 bits per heavy atom. The Hall–Kier alpha value is -1.29. The lowest BCUT2D eigenvalue weighted by Crippen LogP contribution is -2.38.